The first-order valence-corrected chi connectivity index (χ1v) is 6.41. The summed E-state index contributed by atoms with van der Waals surface area (Å²) in [6.07, 6.45) is 1.30. The van der Waals surface area contributed by atoms with Crippen molar-refractivity contribution in [1.82, 2.24) is 19.5 Å². The highest BCUT2D eigenvalue weighted by Crippen LogP contribution is 2.30. The highest BCUT2D eigenvalue weighted by atomic mass is 16.5. The summed E-state index contributed by atoms with van der Waals surface area (Å²) in [5.74, 6) is 0. The largest absolute Gasteiger partial charge is 0.394 e. The fourth-order valence-corrected chi connectivity index (χ4v) is 2.47. The lowest BCUT2D eigenvalue weighted by Crippen LogP contribution is -2.34. The van der Waals surface area contributed by atoms with Crippen LogP contribution in [0, 0.1) is 0 Å². The zero-order chi connectivity index (χ0) is 15.7. The van der Waals surface area contributed by atoms with Gasteiger partial charge in [-0.25, -0.2) is 19.3 Å². The molecule has 3 atom stereocenters. The number of azide groups is 1. The molecule has 3 heterocycles. The molecular weight excluding hydrogens is 294 g/mol. The summed E-state index contributed by atoms with van der Waals surface area (Å²) in [4.78, 5) is 36.6. The van der Waals surface area contributed by atoms with Crippen LogP contribution in [0.3, 0.4) is 0 Å². The number of aliphatic hydroxyl groups is 1. The number of nitrogens with zero attached hydrogens (tertiary/aromatic N) is 6. The molecule has 0 aromatic carbocycles. The third kappa shape index (κ3) is 2.22. The van der Waals surface area contributed by atoms with Crippen molar-refractivity contribution in [3.8, 4) is 0 Å². The predicted molar refractivity (Wildman–Crippen MR) is 73.0 cm³/mol. The number of ether oxygens (including phenoxy) is 1. The topological polar surface area (TPSA) is 159 Å². The number of rotatable bonds is 3. The summed E-state index contributed by atoms with van der Waals surface area (Å²) < 4.78 is 6.69. The molecule has 1 fully saturated rings. The Bertz CT molecular complexity index is 869. The van der Waals surface area contributed by atoms with Crippen LogP contribution in [-0.2, 0) is 4.74 Å². The summed E-state index contributed by atoms with van der Waals surface area (Å²) in [6.45, 7) is -0.359. The second-order valence-electron chi connectivity index (χ2n) is 4.68. The summed E-state index contributed by atoms with van der Waals surface area (Å²) in [6, 6.07) is -0.620. The molecule has 2 aromatic rings. The van der Waals surface area contributed by atoms with Gasteiger partial charge in [0.1, 0.15) is 6.23 Å². The lowest BCUT2D eigenvalue weighted by Gasteiger charge is -2.15. The van der Waals surface area contributed by atoms with E-state index >= 15 is 0 Å². The van der Waals surface area contributed by atoms with Gasteiger partial charge in [-0.05, 0) is 5.53 Å². The lowest BCUT2D eigenvalue weighted by molar-refractivity contribution is -0.0251. The average Bonchev–Trinajstić information content (AvgIpc) is 2.90. The van der Waals surface area contributed by atoms with Crippen molar-refractivity contribution in [3.05, 3.63) is 43.7 Å². The molecule has 3 rings (SSSR count). The number of fused-ring (bicyclic) bond motifs is 1. The Morgan fingerprint density at radius 3 is 3.00 bits per heavy atom. The van der Waals surface area contributed by atoms with Crippen LogP contribution < -0.4 is 11.2 Å². The van der Waals surface area contributed by atoms with Crippen molar-refractivity contribution in [2.45, 2.75) is 24.8 Å². The number of aliphatic hydroxyl groups excluding tert-OH is 1. The monoisotopic (exact) mass is 305 g/mol. The fourth-order valence-electron chi connectivity index (χ4n) is 2.47. The van der Waals surface area contributed by atoms with Crippen LogP contribution in [0.5, 0.6) is 0 Å². The normalized spacial score (nSPS) is 24.3. The number of nitrogens with one attached hydrogen (secondary N) is 1. The molecule has 11 nitrogen and oxygen atoms in total. The van der Waals surface area contributed by atoms with Gasteiger partial charge in [0.05, 0.1) is 18.8 Å². The zero-order valence-corrected chi connectivity index (χ0v) is 11.2. The van der Waals surface area contributed by atoms with Gasteiger partial charge >= 0.3 is 5.69 Å². The summed E-state index contributed by atoms with van der Waals surface area (Å²) in [7, 11) is 0. The van der Waals surface area contributed by atoms with Gasteiger partial charge < -0.3 is 9.84 Å². The van der Waals surface area contributed by atoms with E-state index < -0.39 is 29.6 Å². The third-order valence-electron chi connectivity index (χ3n) is 3.43. The van der Waals surface area contributed by atoms with Gasteiger partial charge in [0.15, 0.2) is 11.2 Å². The number of hydrogen-bond acceptors (Lipinski definition) is 7. The van der Waals surface area contributed by atoms with Crippen LogP contribution >= 0.6 is 0 Å². The Morgan fingerprint density at radius 2 is 2.27 bits per heavy atom. The molecule has 0 amide bonds. The van der Waals surface area contributed by atoms with Gasteiger partial charge in [-0.3, -0.25) is 9.78 Å². The van der Waals surface area contributed by atoms with Gasteiger partial charge in [0.25, 0.3) is 5.56 Å². The van der Waals surface area contributed by atoms with Crippen molar-refractivity contribution in [1.29, 1.82) is 0 Å². The third-order valence-corrected chi connectivity index (χ3v) is 3.43. The van der Waals surface area contributed by atoms with Gasteiger partial charge in [0.2, 0.25) is 0 Å². The molecule has 0 unspecified atom stereocenters. The Kier molecular flexibility index (Phi) is 3.59. The maximum absolute atomic E-state index is 12.1. The molecule has 22 heavy (non-hydrogen) atoms. The van der Waals surface area contributed by atoms with Crippen LogP contribution in [0.1, 0.15) is 12.6 Å². The quantitative estimate of drug-likeness (QED) is 0.439. The first kappa shape index (κ1) is 14.2. The molecule has 0 saturated carbocycles. The molecule has 11 heteroatoms. The Balaban J connectivity index is 2.14. The zero-order valence-electron chi connectivity index (χ0n) is 11.2. The molecule has 0 radical (unpaired) electrons. The van der Waals surface area contributed by atoms with E-state index in [0.29, 0.717) is 0 Å². The van der Waals surface area contributed by atoms with E-state index in [0.717, 1.165) is 4.57 Å². The van der Waals surface area contributed by atoms with Crippen molar-refractivity contribution in [2.24, 2.45) is 5.11 Å². The van der Waals surface area contributed by atoms with Crippen molar-refractivity contribution in [2.75, 3.05) is 6.61 Å². The molecule has 1 aliphatic rings. The standard InChI is InChI=1S/C11H11N7O4/c12-17-16-5-3-7(22-6(5)4-19)18-9-8(13-1-2-14-9)10(20)15-11(18)21/h1-2,5-7,19H,3-4H2,(H,15,20,21)/t5-,6+,7+/m0/s1. The average molecular weight is 305 g/mol. The number of aromatic amines is 1. The highest BCUT2D eigenvalue weighted by molar-refractivity contribution is 5.67. The molecular formula is C11H11N7O4. The van der Waals surface area contributed by atoms with Crippen molar-refractivity contribution >= 4 is 11.2 Å². The molecule has 2 N–H and O–H groups in total. The fraction of sp³-hybridized carbons (Fsp3) is 0.455. The SMILES string of the molecule is [N-]=[N+]=N[C@H]1C[C@H](n2c(=O)[nH]c(=O)c3nccnc32)O[C@@H]1CO. The minimum atomic E-state index is -0.823. The second kappa shape index (κ2) is 5.56. The molecule has 1 aliphatic heterocycles. The summed E-state index contributed by atoms with van der Waals surface area (Å²) >= 11 is 0. The number of hydrogen-bond donors (Lipinski definition) is 2. The first-order chi connectivity index (χ1) is 10.7. The highest BCUT2D eigenvalue weighted by Gasteiger charge is 2.36. The molecule has 2 aromatic heterocycles. The maximum Gasteiger partial charge on any atom is 0.332 e. The van der Waals surface area contributed by atoms with E-state index in [4.69, 9.17) is 10.3 Å². The molecule has 1 saturated heterocycles. The van der Waals surface area contributed by atoms with Gasteiger partial charge in [-0.15, -0.1) is 0 Å². The Hall–Kier alpha value is -2.75. The number of aromatic nitrogens is 4. The molecule has 0 spiro atoms. The number of H-pyrrole nitrogens is 1. The van der Waals surface area contributed by atoms with Gasteiger partial charge in [-0.2, -0.15) is 0 Å². The van der Waals surface area contributed by atoms with Crippen molar-refractivity contribution in [3.63, 3.8) is 0 Å². The summed E-state index contributed by atoms with van der Waals surface area (Å²) in [5.41, 5.74) is 7.26. The maximum atomic E-state index is 12.1. The summed E-state index contributed by atoms with van der Waals surface area (Å²) in [5, 5.41) is 12.8. The van der Waals surface area contributed by atoms with Crippen LogP contribution in [0.25, 0.3) is 21.6 Å². The van der Waals surface area contributed by atoms with E-state index in [2.05, 4.69) is 25.0 Å². The van der Waals surface area contributed by atoms with E-state index in [9.17, 15) is 14.7 Å². The second-order valence-corrected chi connectivity index (χ2v) is 4.68. The Morgan fingerprint density at radius 1 is 1.50 bits per heavy atom. The lowest BCUT2D eigenvalue weighted by atomic mass is 10.1. The molecule has 0 bridgehead atoms. The van der Waals surface area contributed by atoms with E-state index in [1.54, 1.807) is 0 Å². The van der Waals surface area contributed by atoms with Crippen molar-refractivity contribution < 1.29 is 9.84 Å². The molecule has 114 valence electrons. The van der Waals surface area contributed by atoms with Gasteiger partial charge in [0, 0.05) is 23.7 Å². The van der Waals surface area contributed by atoms with Crippen LogP contribution in [0.4, 0.5) is 0 Å². The van der Waals surface area contributed by atoms with E-state index in [1.165, 1.54) is 12.4 Å². The minimum absolute atomic E-state index is 0.00140. The Labute approximate surface area is 121 Å². The van der Waals surface area contributed by atoms with Crippen LogP contribution in [-0.4, -0.2) is 43.4 Å². The smallest absolute Gasteiger partial charge is 0.332 e. The first-order valence-electron chi connectivity index (χ1n) is 6.41. The molecule has 0 aliphatic carbocycles. The minimum Gasteiger partial charge on any atom is -0.394 e. The predicted octanol–water partition coefficient (Wildman–Crippen LogP) is -0.562. The van der Waals surface area contributed by atoms with E-state index in [1.807, 2.05) is 0 Å². The van der Waals surface area contributed by atoms with Crippen LogP contribution in [0.2, 0.25) is 0 Å². The van der Waals surface area contributed by atoms with Crippen LogP contribution in [0.15, 0.2) is 27.1 Å². The van der Waals surface area contributed by atoms with Gasteiger partial charge in [-0.1, -0.05) is 5.11 Å². The van der Waals surface area contributed by atoms with E-state index in [-0.39, 0.29) is 24.2 Å².